The molecule has 0 aromatic rings. The van der Waals surface area contributed by atoms with Crippen molar-refractivity contribution in [2.24, 2.45) is 0 Å². The quantitative estimate of drug-likeness (QED) is 0.451. The lowest BCUT2D eigenvalue weighted by molar-refractivity contribution is -0.120. The van der Waals surface area contributed by atoms with Gasteiger partial charge in [-0.05, 0) is 0 Å². The van der Waals surface area contributed by atoms with Crippen LogP contribution in [0.2, 0.25) is 0 Å². The Bertz CT molecular complexity index is 876. The van der Waals surface area contributed by atoms with Crippen LogP contribution in [0, 0.1) is 22.7 Å². The van der Waals surface area contributed by atoms with E-state index in [4.69, 9.17) is 10.5 Å². The van der Waals surface area contributed by atoms with Gasteiger partial charge < -0.3 is 5.11 Å². The number of amides is 1. The minimum atomic E-state index is -7.45. The zero-order valence-electron chi connectivity index (χ0n) is 12.5. The molecule has 0 fully saturated rings. The van der Waals surface area contributed by atoms with E-state index in [1.54, 1.807) is 0 Å². The Morgan fingerprint density at radius 1 is 1.00 bits per heavy atom. The SMILES string of the molecule is N#CCCC(=O)N/C(O)=C/C(C#N)(S(=O)(=O)C(F)(F)F)S(=O)(=O)C(F)(F)F. The molecule has 0 aliphatic carbocycles. The number of hydrogen-bond donors (Lipinski definition) is 2. The third-order valence-electron chi connectivity index (χ3n) is 2.62. The van der Waals surface area contributed by atoms with Crippen molar-refractivity contribution in [3.05, 3.63) is 12.0 Å². The van der Waals surface area contributed by atoms with Crippen molar-refractivity contribution in [1.29, 1.82) is 10.5 Å². The molecule has 0 atom stereocenters. The van der Waals surface area contributed by atoms with Crippen LogP contribution in [0.4, 0.5) is 26.3 Å². The number of nitrogens with one attached hydrogen (secondary N) is 1. The van der Waals surface area contributed by atoms with E-state index >= 15 is 0 Å². The van der Waals surface area contributed by atoms with Crippen molar-refractivity contribution < 1.29 is 53.1 Å². The number of carbonyl (C=O) groups is 1. The lowest BCUT2D eigenvalue weighted by atomic mass is 10.3. The zero-order chi connectivity index (χ0) is 21.9. The summed E-state index contributed by atoms with van der Waals surface area (Å²) in [6, 6.07) is 1.32. The van der Waals surface area contributed by atoms with Crippen LogP contribution < -0.4 is 5.32 Å². The van der Waals surface area contributed by atoms with Gasteiger partial charge >= 0.3 is 11.0 Å². The maximum absolute atomic E-state index is 12.7. The molecule has 0 saturated carbocycles. The van der Waals surface area contributed by atoms with Crippen molar-refractivity contribution in [3.8, 4) is 12.1 Å². The molecule has 0 radical (unpaired) electrons. The Morgan fingerprint density at radius 3 is 1.70 bits per heavy atom. The number of alkyl halides is 6. The van der Waals surface area contributed by atoms with Crippen molar-refractivity contribution in [2.75, 3.05) is 0 Å². The summed E-state index contributed by atoms with van der Waals surface area (Å²) < 4.78 is 117. The predicted octanol–water partition coefficient (Wildman–Crippen LogP) is 0.895. The molecule has 0 bridgehead atoms. The van der Waals surface area contributed by atoms with Crippen LogP contribution in [0.3, 0.4) is 0 Å². The second-order valence-electron chi connectivity index (χ2n) is 4.41. The van der Waals surface area contributed by atoms with Gasteiger partial charge in [-0.1, -0.05) is 0 Å². The molecule has 0 heterocycles. The van der Waals surface area contributed by atoms with Crippen molar-refractivity contribution in [3.63, 3.8) is 0 Å². The number of nitriles is 2. The molecule has 27 heavy (non-hydrogen) atoms. The van der Waals surface area contributed by atoms with E-state index in [1.165, 1.54) is 6.07 Å². The monoisotopic (exact) mass is 443 g/mol. The van der Waals surface area contributed by atoms with Gasteiger partial charge in [0, 0.05) is 18.9 Å². The molecule has 0 aromatic heterocycles. The van der Waals surface area contributed by atoms with E-state index < -0.39 is 65.5 Å². The maximum Gasteiger partial charge on any atom is 0.500 e. The van der Waals surface area contributed by atoms with Crippen LogP contribution >= 0.6 is 0 Å². The third-order valence-corrected chi connectivity index (χ3v) is 7.17. The van der Waals surface area contributed by atoms with Gasteiger partial charge in [0.15, 0.2) is 5.88 Å². The Hall–Kier alpha value is -2.53. The van der Waals surface area contributed by atoms with Gasteiger partial charge in [0.2, 0.25) is 5.91 Å². The van der Waals surface area contributed by atoms with E-state index in [-0.39, 0.29) is 6.07 Å². The fourth-order valence-electron chi connectivity index (χ4n) is 1.39. The van der Waals surface area contributed by atoms with E-state index in [9.17, 15) is 53.1 Å². The number of hydrogen-bond acceptors (Lipinski definition) is 8. The van der Waals surface area contributed by atoms with Crippen molar-refractivity contribution >= 4 is 25.6 Å². The van der Waals surface area contributed by atoms with Gasteiger partial charge in [-0.2, -0.15) is 36.9 Å². The standard InChI is InChI=1S/C10H7F6N3O6S2/c11-9(12,13)26(22,23)8(5-18,27(24,25)10(14,15)16)4-7(21)19-6(20)2-1-3-17/h4,21H,1-2H2,(H,19,20)/b7-4-. The number of rotatable bonds is 6. The molecule has 9 nitrogen and oxygen atoms in total. The number of carbonyl (C=O) groups excluding carboxylic acids is 1. The van der Waals surface area contributed by atoms with E-state index in [0.29, 0.717) is 0 Å². The van der Waals surface area contributed by atoms with Crippen LogP contribution in [0.25, 0.3) is 0 Å². The fraction of sp³-hybridized carbons (Fsp3) is 0.500. The zero-order valence-corrected chi connectivity index (χ0v) is 14.1. The molecule has 0 rings (SSSR count). The molecule has 0 aromatic carbocycles. The summed E-state index contributed by atoms with van der Waals surface area (Å²) in [5, 5.41) is 27.3. The van der Waals surface area contributed by atoms with E-state index in [0.717, 1.165) is 5.32 Å². The molecule has 0 saturated heterocycles. The molecule has 17 heteroatoms. The Morgan fingerprint density at radius 2 is 1.41 bits per heavy atom. The summed E-state index contributed by atoms with van der Waals surface area (Å²) in [5.41, 5.74) is -13.3. The molecular weight excluding hydrogens is 436 g/mol. The van der Waals surface area contributed by atoms with Gasteiger partial charge in [-0.15, -0.1) is 0 Å². The van der Waals surface area contributed by atoms with Crippen molar-refractivity contribution in [2.45, 2.75) is 27.9 Å². The number of aliphatic hydroxyl groups excluding tert-OH is 1. The molecule has 0 aliphatic rings. The van der Waals surface area contributed by atoms with Gasteiger partial charge in [-0.25, -0.2) is 16.8 Å². The lowest BCUT2D eigenvalue weighted by Gasteiger charge is -2.25. The second kappa shape index (κ2) is 7.61. The average molecular weight is 443 g/mol. The fourth-order valence-corrected chi connectivity index (χ4v) is 4.57. The van der Waals surface area contributed by atoms with Crippen LogP contribution in [0.5, 0.6) is 0 Å². The predicted molar refractivity (Wildman–Crippen MR) is 72.0 cm³/mol. The van der Waals surface area contributed by atoms with Gasteiger partial charge in [0.1, 0.15) is 6.07 Å². The number of sulfone groups is 2. The first-order valence-electron chi connectivity index (χ1n) is 6.03. The molecule has 2 N–H and O–H groups in total. The summed E-state index contributed by atoms with van der Waals surface area (Å²) in [7, 11) is -14.9. The maximum atomic E-state index is 12.7. The number of halogens is 6. The first-order chi connectivity index (χ1) is 11.9. The lowest BCUT2D eigenvalue weighted by Crippen LogP contribution is -2.54. The average Bonchev–Trinajstić information content (AvgIpc) is 2.47. The normalized spacial score (nSPS) is 14.1. The highest BCUT2D eigenvalue weighted by Crippen LogP contribution is 2.44. The highest BCUT2D eigenvalue weighted by atomic mass is 32.3. The molecule has 0 spiro atoms. The smallest absolute Gasteiger partial charge is 0.495 e. The minimum Gasteiger partial charge on any atom is -0.495 e. The first-order valence-corrected chi connectivity index (χ1v) is 8.99. The van der Waals surface area contributed by atoms with Gasteiger partial charge in [0.25, 0.3) is 23.8 Å². The summed E-state index contributed by atoms with van der Waals surface area (Å²) >= 11 is 0. The van der Waals surface area contributed by atoms with Gasteiger partial charge in [-0.3, -0.25) is 10.1 Å². The van der Waals surface area contributed by atoms with Crippen LogP contribution in [0.1, 0.15) is 12.8 Å². The van der Waals surface area contributed by atoms with Gasteiger partial charge in [0.05, 0.1) is 6.07 Å². The summed E-state index contributed by atoms with van der Waals surface area (Å²) in [5.74, 6) is -3.49. The highest BCUT2D eigenvalue weighted by Gasteiger charge is 2.73. The molecule has 152 valence electrons. The Kier molecular flexibility index (Phi) is 6.89. The molecule has 1 amide bonds. The summed E-state index contributed by atoms with van der Waals surface area (Å²) in [4.78, 5) is 11.2. The highest BCUT2D eigenvalue weighted by molar-refractivity contribution is 8.11. The molecule has 0 unspecified atom stereocenters. The third kappa shape index (κ3) is 4.42. The topological polar surface area (TPSA) is 165 Å². The van der Waals surface area contributed by atoms with Crippen LogP contribution in [0.15, 0.2) is 12.0 Å². The number of nitrogens with zero attached hydrogens (tertiary/aromatic N) is 2. The minimum absolute atomic E-state index is 0.0994. The van der Waals surface area contributed by atoms with E-state index in [1.807, 2.05) is 0 Å². The summed E-state index contributed by atoms with van der Waals surface area (Å²) in [6.07, 6.45) is -2.38. The Balaban J connectivity index is 6.78. The second-order valence-corrected chi connectivity index (χ2v) is 8.90. The van der Waals surface area contributed by atoms with Crippen molar-refractivity contribution in [1.82, 2.24) is 5.32 Å². The van der Waals surface area contributed by atoms with Crippen LogP contribution in [-0.4, -0.2) is 42.9 Å². The largest absolute Gasteiger partial charge is 0.500 e. The first kappa shape index (κ1) is 24.5. The Labute approximate surface area is 147 Å². The molecular formula is C10H7F6N3O6S2. The number of aliphatic hydroxyl groups is 1. The summed E-state index contributed by atoms with van der Waals surface area (Å²) in [6.45, 7) is 0. The molecule has 0 aliphatic heterocycles. The van der Waals surface area contributed by atoms with E-state index in [2.05, 4.69) is 0 Å². The van der Waals surface area contributed by atoms with Crippen LogP contribution in [-0.2, 0) is 24.5 Å².